The zero-order valence-corrected chi connectivity index (χ0v) is 11.4. The second kappa shape index (κ2) is 5.37. The van der Waals surface area contributed by atoms with Crippen molar-refractivity contribution in [2.24, 2.45) is 11.7 Å². The van der Waals surface area contributed by atoms with E-state index in [1.165, 1.54) is 6.07 Å². The third-order valence-corrected chi connectivity index (χ3v) is 4.51. The van der Waals surface area contributed by atoms with Crippen LogP contribution in [0.25, 0.3) is 0 Å². The van der Waals surface area contributed by atoms with E-state index in [0.29, 0.717) is 12.0 Å². The fourth-order valence-corrected chi connectivity index (χ4v) is 2.93. The van der Waals surface area contributed by atoms with E-state index in [4.69, 9.17) is 5.73 Å². The van der Waals surface area contributed by atoms with Crippen LogP contribution in [-0.4, -0.2) is 23.5 Å². The molecule has 0 spiro atoms. The summed E-state index contributed by atoms with van der Waals surface area (Å²) in [7, 11) is 0. The molecule has 1 saturated heterocycles. The van der Waals surface area contributed by atoms with E-state index in [0.717, 1.165) is 18.5 Å². The second-order valence-electron chi connectivity index (χ2n) is 5.52. The van der Waals surface area contributed by atoms with Crippen molar-refractivity contribution >= 4 is 0 Å². The lowest BCUT2D eigenvalue weighted by Gasteiger charge is -2.44. The van der Waals surface area contributed by atoms with E-state index in [1.54, 1.807) is 12.1 Å². The van der Waals surface area contributed by atoms with Gasteiger partial charge in [-0.1, -0.05) is 19.1 Å². The lowest BCUT2D eigenvalue weighted by atomic mass is 9.86. The van der Waals surface area contributed by atoms with Gasteiger partial charge >= 0.3 is 0 Å². The molecule has 4 atom stereocenters. The van der Waals surface area contributed by atoms with Crippen LogP contribution in [0.3, 0.4) is 0 Å². The van der Waals surface area contributed by atoms with E-state index in [-0.39, 0.29) is 17.9 Å². The normalized spacial score (nSPS) is 31.3. The number of likely N-dealkylation sites (tertiary alicyclic amines) is 1. The minimum Gasteiger partial charge on any atom is -0.327 e. The van der Waals surface area contributed by atoms with E-state index < -0.39 is 0 Å². The lowest BCUT2D eigenvalue weighted by molar-refractivity contribution is 0.0625. The molecule has 1 aromatic rings. The monoisotopic (exact) mass is 250 g/mol. The largest absolute Gasteiger partial charge is 0.327 e. The number of piperidine rings is 1. The van der Waals surface area contributed by atoms with Gasteiger partial charge in [-0.15, -0.1) is 0 Å². The highest BCUT2D eigenvalue weighted by molar-refractivity contribution is 5.20. The minimum atomic E-state index is -0.159. The van der Waals surface area contributed by atoms with Crippen LogP contribution in [0.1, 0.15) is 38.8 Å². The highest BCUT2D eigenvalue weighted by atomic mass is 19.1. The zero-order chi connectivity index (χ0) is 13.3. The molecule has 100 valence electrons. The van der Waals surface area contributed by atoms with Gasteiger partial charge in [0.15, 0.2) is 0 Å². The van der Waals surface area contributed by atoms with Crippen LogP contribution in [0.4, 0.5) is 4.39 Å². The Balaban J connectivity index is 2.16. The van der Waals surface area contributed by atoms with Crippen molar-refractivity contribution in [2.45, 2.75) is 45.3 Å². The minimum absolute atomic E-state index is 0.159. The average molecular weight is 250 g/mol. The smallest absolute Gasteiger partial charge is 0.123 e. The van der Waals surface area contributed by atoms with Gasteiger partial charge in [-0.25, -0.2) is 4.39 Å². The molecule has 0 aliphatic carbocycles. The zero-order valence-electron chi connectivity index (χ0n) is 11.4. The van der Waals surface area contributed by atoms with Crippen molar-refractivity contribution in [3.05, 3.63) is 35.6 Å². The van der Waals surface area contributed by atoms with E-state index in [2.05, 4.69) is 25.7 Å². The first kappa shape index (κ1) is 13.5. The fourth-order valence-electron chi connectivity index (χ4n) is 2.93. The van der Waals surface area contributed by atoms with Gasteiger partial charge < -0.3 is 5.73 Å². The number of hydrogen-bond donors (Lipinski definition) is 1. The van der Waals surface area contributed by atoms with Crippen LogP contribution in [-0.2, 0) is 0 Å². The Hall–Kier alpha value is -0.930. The highest BCUT2D eigenvalue weighted by Crippen LogP contribution is 2.30. The summed E-state index contributed by atoms with van der Waals surface area (Å²) >= 11 is 0. The molecule has 0 radical (unpaired) electrons. The van der Waals surface area contributed by atoms with Crippen molar-refractivity contribution in [1.29, 1.82) is 0 Å². The highest BCUT2D eigenvalue weighted by Gasteiger charge is 2.33. The summed E-state index contributed by atoms with van der Waals surface area (Å²) in [6.07, 6.45) is 1.02. The molecule has 1 aliphatic rings. The molecule has 1 heterocycles. The van der Waals surface area contributed by atoms with Gasteiger partial charge in [-0.3, -0.25) is 4.90 Å². The summed E-state index contributed by atoms with van der Waals surface area (Å²) < 4.78 is 13.3. The lowest BCUT2D eigenvalue weighted by Crippen LogP contribution is -2.52. The van der Waals surface area contributed by atoms with Gasteiger partial charge in [0.25, 0.3) is 0 Å². The van der Waals surface area contributed by atoms with Crippen LogP contribution in [0, 0.1) is 11.7 Å². The topological polar surface area (TPSA) is 29.3 Å². The molecule has 2 nitrogen and oxygen atoms in total. The van der Waals surface area contributed by atoms with Gasteiger partial charge in [0, 0.05) is 24.7 Å². The number of hydrogen-bond acceptors (Lipinski definition) is 2. The van der Waals surface area contributed by atoms with Crippen molar-refractivity contribution < 1.29 is 4.39 Å². The number of benzene rings is 1. The Kier molecular flexibility index (Phi) is 4.03. The molecule has 1 aromatic carbocycles. The predicted molar refractivity (Wildman–Crippen MR) is 72.7 cm³/mol. The number of nitrogens with zero attached hydrogens (tertiary/aromatic N) is 1. The maximum Gasteiger partial charge on any atom is 0.123 e. The molecule has 0 saturated carbocycles. The first-order chi connectivity index (χ1) is 8.50. The fraction of sp³-hybridized carbons (Fsp3) is 0.600. The van der Waals surface area contributed by atoms with E-state index in [1.807, 2.05) is 6.07 Å². The molecule has 4 unspecified atom stereocenters. The molecular formula is C15H23FN2. The predicted octanol–water partition coefficient (Wildman–Crippen LogP) is 2.94. The van der Waals surface area contributed by atoms with Crippen molar-refractivity contribution in [1.82, 2.24) is 4.90 Å². The Morgan fingerprint density at radius 2 is 2.11 bits per heavy atom. The van der Waals surface area contributed by atoms with E-state index >= 15 is 0 Å². The number of nitrogens with two attached hydrogens (primary N) is 1. The van der Waals surface area contributed by atoms with Crippen LogP contribution < -0.4 is 5.73 Å². The number of halogens is 1. The second-order valence-corrected chi connectivity index (χ2v) is 5.52. The van der Waals surface area contributed by atoms with Crippen LogP contribution in [0.15, 0.2) is 24.3 Å². The summed E-state index contributed by atoms with van der Waals surface area (Å²) in [5.74, 6) is 0.323. The molecule has 0 amide bonds. The molecule has 0 aromatic heterocycles. The third kappa shape index (κ3) is 2.57. The molecule has 18 heavy (non-hydrogen) atoms. The third-order valence-electron chi connectivity index (χ3n) is 4.51. The van der Waals surface area contributed by atoms with Crippen LogP contribution >= 0.6 is 0 Å². The molecule has 3 heteroatoms. The summed E-state index contributed by atoms with van der Waals surface area (Å²) in [5.41, 5.74) is 7.15. The van der Waals surface area contributed by atoms with Crippen LogP contribution in [0.5, 0.6) is 0 Å². The summed E-state index contributed by atoms with van der Waals surface area (Å²) in [5, 5.41) is 0. The van der Waals surface area contributed by atoms with E-state index in [9.17, 15) is 4.39 Å². The standard InChI is InChI=1S/C15H23FN2/c1-10-11(2)18(8-7-15(10)17)12(3)13-5-4-6-14(16)9-13/h4-6,9-12,15H,7-8,17H2,1-3H3. The maximum absolute atomic E-state index is 13.3. The molecule has 2 N–H and O–H groups in total. The molecule has 1 aliphatic heterocycles. The van der Waals surface area contributed by atoms with Crippen molar-refractivity contribution in [3.63, 3.8) is 0 Å². The van der Waals surface area contributed by atoms with Crippen molar-refractivity contribution in [3.8, 4) is 0 Å². The first-order valence-electron chi connectivity index (χ1n) is 6.77. The van der Waals surface area contributed by atoms with Gasteiger partial charge in [0.1, 0.15) is 5.82 Å². The number of rotatable bonds is 2. The SMILES string of the molecule is CC1C(N)CCN(C(C)c2cccc(F)c2)C1C. The summed E-state index contributed by atoms with van der Waals surface area (Å²) in [6.45, 7) is 7.57. The Labute approximate surface area is 109 Å². The van der Waals surface area contributed by atoms with Gasteiger partial charge in [-0.05, 0) is 43.9 Å². The van der Waals surface area contributed by atoms with Crippen molar-refractivity contribution in [2.75, 3.05) is 6.54 Å². The molecule has 2 rings (SSSR count). The Morgan fingerprint density at radius 3 is 2.78 bits per heavy atom. The quantitative estimate of drug-likeness (QED) is 0.874. The van der Waals surface area contributed by atoms with Gasteiger partial charge in [-0.2, -0.15) is 0 Å². The first-order valence-corrected chi connectivity index (χ1v) is 6.77. The maximum atomic E-state index is 13.3. The van der Waals surface area contributed by atoms with Crippen LogP contribution in [0.2, 0.25) is 0 Å². The van der Waals surface area contributed by atoms with Gasteiger partial charge in [0.05, 0.1) is 0 Å². The molecule has 1 fully saturated rings. The summed E-state index contributed by atoms with van der Waals surface area (Å²) in [4.78, 5) is 2.43. The summed E-state index contributed by atoms with van der Waals surface area (Å²) in [6, 6.07) is 7.88. The molecule has 0 bridgehead atoms. The molecular weight excluding hydrogens is 227 g/mol. The Morgan fingerprint density at radius 1 is 1.39 bits per heavy atom. The Bertz CT molecular complexity index is 407. The van der Waals surface area contributed by atoms with Gasteiger partial charge in [0.2, 0.25) is 0 Å². The average Bonchev–Trinajstić information content (AvgIpc) is 2.35.